The molecule has 0 spiro atoms. The van der Waals surface area contributed by atoms with Crippen LogP contribution in [0.4, 0.5) is 14.5 Å². The third kappa shape index (κ3) is 9.85. The van der Waals surface area contributed by atoms with Gasteiger partial charge in [-0.05, 0) is 60.2 Å². The van der Waals surface area contributed by atoms with Gasteiger partial charge in [0.1, 0.15) is 28.5 Å². The first-order chi connectivity index (χ1) is 22.8. The van der Waals surface area contributed by atoms with E-state index in [1.165, 1.54) is 36.4 Å². The SMILES string of the molecule is CS(=O)(=O)Nc1cc(C(=O)O[C@@H](Cc2c(Cl)c[n+]([O-])cc2Cl)c2ccc(OC(F)F)c(OCC3CC3)c2)ccc1OCc1ccccc1. The number of hydrogen-bond donors (Lipinski definition) is 1. The molecule has 0 radical (unpaired) electrons. The number of halogens is 4. The van der Waals surface area contributed by atoms with E-state index in [1.807, 2.05) is 30.3 Å². The average Bonchev–Trinajstić information content (AvgIpc) is 3.85. The molecule has 1 aromatic heterocycles. The lowest BCUT2D eigenvalue weighted by molar-refractivity contribution is -0.605. The number of nitrogens with zero attached hydrogens (tertiary/aromatic N) is 1. The number of ether oxygens (including phenoxy) is 4. The third-order valence-electron chi connectivity index (χ3n) is 7.17. The van der Waals surface area contributed by atoms with Crippen molar-refractivity contribution < 1.29 is 45.7 Å². The molecule has 0 unspecified atom stereocenters. The Hall–Kier alpha value is -4.33. The minimum absolute atomic E-state index is 0.000895. The Bertz CT molecular complexity index is 1860. The lowest BCUT2D eigenvalue weighted by atomic mass is 10.0. The fraction of sp³-hybridized carbons (Fsp3) is 0.273. The van der Waals surface area contributed by atoms with Gasteiger partial charge in [-0.1, -0.05) is 59.6 Å². The Balaban J connectivity index is 1.47. The van der Waals surface area contributed by atoms with Gasteiger partial charge in [0.15, 0.2) is 23.9 Å². The van der Waals surface area contributed by atoms with E-state index in [0.717, 1.165) is 37.1 Å². The predicted octanol–water partition coefficient (Wildman–Crippen LogP) is 7.11. The summed E-state index contributed by atoms with van der Waals surface area (Å²) in [6.45, 7) is -2.70. The number of esters is 1. The maximum Gasteiger partial charge on any atom is 0.387 e. The maximum atomic E-state index is 13.7. The van der Waals surface area contributed by atoms with Crippen molar-refractivity contribution in [1.82, 2.24) is 0 Å². The summed E-state index contributed by atoms with van der Waals surface area (Å²) in [5, 5.41) is 11.9. The van der Waals surface area contributed by atoms with E-state index in [4.69, 9.17) is 37.4 Å². The Morgan fingerprint density at radius 3 is 2.31 bits per heavy atom. The number of alkyl halides is 2. The minimum Gasteiger partial charge on any atom is -0.619 e. The van der Waals surface area contributed by atoms with E-state index in [1.54, 1.807) is 0 Å². The highest BCUT2D eigenvalue weighted by Crippen LogP contribution is 2.38. The molecule has 1 N–H and O–H groups in total. The smallest absolute Gasteiger partial charge is 0.387 e. The van der Waals surface area contributed by atoms with Gasteiger partial charge in [-0.3, -0.25) is 4.72 Å². The van der Waals surface area contributed by atoms with Crippen LogP contribution in [0.2, 0.25) is 10.0 Å². The predicted molar refractivity (Wildman–Crippen MR) is 174 cm³/mol. The summed E-state index contributed by atoms with van der Waals surface area (Å²) in [5.41, 5.74) is 1.39. The number of sulfonamides is 1. The summed E-state index contributed by atoms with van der Waals surface area (Å²) in [5.74, 6) is -0.607. The van der Waals surface area contributed by atoms with Crippen LogP contribution >= 0.6 is 23.2 Å². The molecule has 5 rings (SSSR count). The van der Waals surface area contributed by atoms with Crippen molar-refractivity contribution in [3.63, 3.8) is 0 Å². The van der Waals surface area contributed by atoms with Crippen LogP contribution in [0.3, 0.4) is 0 Å². The van der Waals surface area contributed by atoms with Crippen LogP contribution in [0.25, 0.3) is 0 Å². The first-order valence-electron chi connectivity index (χ1n) is 14.6. The summed E-state index contributed by atoms with van der Waals surface area (Å²) in [7, 11) is -3.79. The van der Waals surface area contributed by atoms with Gasteiger partial charge in [0.05, 0.1) is 24.1 Å². The van der Waals surface area contributed by atoms with Crippen LogP contribution in [0.1, 0.15) is 46.0 Å². The van der Waals surface area contributed by atoms with Crippen molar-refractivity contribution in [2.24, 2.45) is 5.92 Å². The molecule has 48 heavy (non-hydrogen) atoms. The van der Waals surface area contributed by atoms with Gasteiger partial charge in [-0.15, -0.1) is 0 Å². The molecular weight excluding hydrogens is 693 g/mol. The normalized spacial score (nSPS) is 13.5. The summed E-state index contributed by atoms with van der Waals surface area (Å²) in [6.07, 6.45) is 3.75. The van der Waals surface area contributed by atoms with Gasteiger partial charge in [0.2, 0.25) is 10.0 Å². The fourth-order valence-electron chi connectivity index (χ4n) is 4.66. The number of carbonyl (C=O) groups excluding carboxylic acids is 1. The molecular formula is C33H30Cl2F2N2O8S. The van der Waals surface area contributed by atoms with Gasteiger partial charge >= 0.3 is 12.6 Å². The monoisotopic (exact) mass is 722 g/mol. The van der Waals surface area contributed by atoms with Gasteiger partial charge < -0.3 is 24.2 Å². The van der Waals surface area contributed by atoms with E-state index in [-0.39, 0.29) is 69.7 Å². The lowest BCUT2D eigenvalue weighted by Crippen LogP contribution is -2.25. The zero-order valence-corrected chi connectivity index (χ0v) is 27.7. The molecule has 3 aromatic carbocycles. The van der Waals surface area contributed by atoms with Crippen molar-refractivity contribution in [2.45, 2.75) is 38.6 Å². The van der Waals surface area contributed by atoms with Gasteiger partial charge in [-0.2, -0.15) is 13.5 Å². The lowest BCUT2D eigenvalue weighted by Gasteiger charge is -2.22. The van der Waals surface area contributed by atoms with Crippen molar-refractivity contribution in [1.29, 1.82) is 0 Å². The van der Waals surface area contributed by atoms with Crippen LogP contribution in [0.15, 0.2) is 79.1 Å². The molecule has 254 valence electrons. The highest BCUT2D eigenvalue weighted by atomic mass is 35.5. The van der Waals surface area contributed by atoms with Crippen molar-refractivity contribution in [3.8, 4) is 17.2 Å². The Kier molecular flexibility index (Phi) is 11.1. The second-order valence-electron chi connectivity index (χ2n) is 11.1. The summed E-state index contributed by atoms with van der Waals surface area (Å²) in [6, 6.07) is 17.4. The van der Waals surface area contributed by atoms with Crippen LogP contribution in [-0.2, 0) is 27.8 Å². The van der Waals surface area contributed by atoms with Gasteiger partial charge in [0.25, 0.3) is 0 Å². The van der Waals surface area contributed by atoms with Gasteiger partial charge in [0, 0.05) is 12.0 Å². The van der Waals surface area contributed by atoms with E-state index in [0.29, 0.717) is 10.3 Å². The average molecular weight is 724 g/mol. The fourth-order valence-corrected chi connectivity index (χ4v) is 5.81. The van der Waals surface area contributed by atoms with E-state index in [2.05, 4.69) is 9.46 Å². The number of carbonyl (C=O) groups is 1. The molecule has 1 aliphatic carbocycles. The Morgan fingerprint density at radius 1 is 0.979 bits per heavy atom. The maximum absolute atomic E-state index is 13.7. The van der Waals surface area contributed by atoms with E-state index < -0.39 is 28.7 Å². The number of aromatic nitrogens is 1. The number of pyridine rings is 1. The van der Waals surface area contributed by atoms with Crippen LogP contribution in [-0.4, -0.2) is 33.9 Å². The molecule has 1 fully saturated rings. The number of hydrogen-bond acceptors (Lipinski definition) is 8. The molecule has 15 heteroatoms. The number of anilines is 1. The molecule has 0 amide bonds. The Morgan fingerprint density at radius 2 is 1.67 bits per heavy atom. The van der Waals surface area contributed by atoms with Crippen LogP contribution in [0, 0.1) is 11.1 Å². The first-order valence-corrected chi connectivity index (χ1v) is 17.3. The van der Waals surface area contributed by atoms with E-state index >= 15 is 0 Å². The van der Waals surface area contributed by atoms with Gasteiger partial charge in [-0.25, -0.2) is 13.2 Å². The molecule has 10 nitrogen and oxygen atoms in total. The van der Waals surface area contributed by atoms with Crippen molar-refractivity contribution in [2.75, 3.05) is 17.6 Å². The van der Waals surface area contributed by atoms with Crippen molar-refractivity contribution in [3.05, 3.63) is 117 Å². The number of rotatable bonds is 15. The molecule has 4 aromatic rings. The largest absolute Gasteiger partial charge is 0.619 e. The molecule has 1 aliphatic rings. The second-order valence-corrected chi connectivity index (χ2v) is 13.7. The minimum atomic E-state index is -3.79. The second kappa shape index (κ2) is 15.3. The summed E-state index contributed by atoms with van der Waals surface area (Å²) in [4.78, 5) is 13.7. The Labute approximate surface area is 285 Å². The summed E-state index contributed by atoms with van der Waals surface area (Å²) >= 11 is 12.7. The molecule has 1 atom stereocenters. The van der Waals surface area contributed by atoms with Crippen molar-refractivity contribution >= 4 is 44.9 Å². The van der Waals surface area contributed by atoms with Crippen LogP contribution in [0.5, 0.6) is 17.2 Å². The zero-order chi connectivity index (χ0) is 34.4. The third-order valence-corrected chi connectivity index (χ3v) is 8.41. The topological polar surface area (TPSA) is 127 Å². The quantitative estimate of drug-likeness (QED) is 0.0782. The van der Waals surface area contributed by atoms with E-state index in [9.17, 15) is 27.2 Å². The molecule has 0 saturated heterocycles. The zero-order valence-electron chi connectivity index (χ0n) is 25.4. The first kappa shape index (κ1) is 35.0. The number of benzene rings is 3. The number of nitrogens with one attached hydrogen (secondary N) is 1. The highest BCUT2D eigenvalue weighted by molar-refractivity contribution is 7.92. The molecule has 0 bridgehead atoms. The molecule has 1 heterocycles. The van der Waals surface area contributed by atoms with Crippen LogP contribution < -0.4 is 23.7 Å². The summed E-state index contributed by atoms with van der Waals surface area (Å²) < 4.78 is 75.8. The standard InChI is InChI=1S/C33H30Cl2F2N2O8S/c1-48(42,43)38-27-13-23(10-11-28(27)44-18-20-5-3-2-4-6-20)32(40)46-30(15-24-25(34)16-39(41)17-26(24)35)22-9-12-29(47-33(36)37)31(14-22)45-19-21-7-8-21/h2-6,9-14,16-17,21,30,33,38H,7-8,15,18-19H2,1H3/t30-/m0/s1. The molecule has 1 saturated carbocycles. The highest BCUT2D eigenvalue weighted by Gasteiger charge is 2.27. The molecule has 0 aliphatic heterocycles.